The number of aromatic nitrogens is 4. The highest BCUT2D eigenvalue weighted by Gasteiger charge is 2.17. The molecule has 0 atom stereocenters. The van der Waals surface area contributed by atoms with Crippen LogP contribution in [0.5, 0.6) is 0 Å². The Labute approximate surface area is 167 Å². The molecule has 0 N–H and O–H groups in total. The minimum absolute atomic E-state index is 0.00839. The van der Waals surface area contributed by atoms with E-state index >= 15 is 0 Å². The van der Waals surface area contributed by atoms with Crippen molar-refractivity contribution >= 4 is 28.6 Å². The summed E-state index contributed by atoms with van der Waals surface area (Å²) in [6.45, 7) is 1.72. The molecule has 4 rings (SSSR count). The van der Waals surface area contributed by atoms with Crippen molar-refractivity contribution in [3.63, 3.8) is 0 Å². The molecule has 0 saturated carbocycles. The first-order valence-electron chi connectivity index (χ1n) is 8.09. The van der Waals surface area contributed by atoms with Crippen molar-refractivity contribution in [1.29, 1.82) is 0 Å². The van der Waals surface area contributed by atoms with E-state index < -0.39 is 4.92 Å². The molecule has 0 amide bonds. The zero-order valence-electron chi connectivity index (χ0n) is 14.4. The zero-order chi connectivity index (χ0) is 19.8. The van der Waals surface area contributed by atoms with Gasteiger partial charge in [0.15, 0.2) is 5.13 Å². The number of nitro benzene ring substituents is 1. The Bertz CT molecular complexity index is 1240. The predicted octanol–water partition coefficient (Wildman–Crippen LogP) is 4.02. The van der Waals surface area contributed by atoms with Gasteiger partial charge in [-0.3, -0.25) is 10.1 Å². The quantitative estimate of drug-likeness (QED) is 0.372. The Hall–Kier alpha value is -3.30. The van der Waals surface area contributed by atoms with E-state index in [4.69, 9.17) is 11.6 Å². The fourth-order valence-corrected chi connectivity index (χ4v) is 3.77. The summed E-state index contributed by atoms with van der Waals surface area (Å²) >= 11 is 7.30. The molecule has 0 bridgehead atoms. The van der Waals surface area contributed by atoms with Gasteiger partial charge in [-0.05, 0) is 37.3 Å². The smallest absolute Gasteiger partial charge is 0.258 e. The Morgan fingerprint density at radius 3 is 2.61 bits per heavy atom. The molecule has 2 heterocycles. The molecule has 28 heavy (non-hydrogen) atoms. The third kappa shape index (κ3) is 3.21. The van der Waals surface area contributed by atoms with Crippen molar-refractivity contribution in [2.24, 2.45) is 0 Å². The zero-order valence-corrected chi connectivity index (χ0v) is 16.0. The number of hydrogen-bond donors (Lipinski definition) is 0. The average molecular weight is 414 g/mol. The number of nitro groups is 1. The average Bonchev–Trinajstić information content (AvgIpc) is 3.26. The highest BCUT2D eigenvalue weighted by Crippen LogP contribution is 2.26. The van der Waals surface area contributed by atoms with Gasteiger partial charge >= 0.3 is 5.69 Å². The molecule has 0 saturated heterocycles. The first-order chi connectivity index (χ1) is 13.4. The first kappa shape index (κ1) is 18.1. The second kappa shape index (κ2) is 7.02. The molecule has 10 heteroatoms. The van der Waals surface area contributed by atoms with Crippen LogP contribution in [0, 0.1) is 17.0 Å². The van der Waals surface area contributed by atoms with Crippen LogP contribution in [0.2, 0.25) is 5.02 Å². The van der Waals surface area contributed by atoms with Crippen LogP contribution in [0.25, 0.3) is 22.1 Å². The van der Waals surface area contributed by atoms with Gasteiger partial charge in [0.05, 0.1) is 16.3 Å². The summed E-state index contributed by atoms with van der Waals surface area (Å²) in [5.74, 6) is 0.481. The van der Waals surface area contributed by atoms with Gasteiger partial charge in [0.2, 0.25) is 0 Å². The number of hydrogen-bond acceptors (Lipinski definition) is 6. The lowest BCUT2D eigenvalue weighted by molar-refractivity contribution is -0.384. The van der Waals surface area contributed by atoms with E-state index in [2.05, 4.69) is 10.1 Å². The van der Waals surface area contributed by atoms with Crippen molar-refractivity contribution in [3.05, 3.63) is 85.4 Å². The van der Waals surface area contributed by atoms with Crippen molar-refractivity contribution in [1.82, 2.24) is 19.3 Å². The second-order valence-electron chi connectivity index (χ2n) is 5.88. The molecule has 140 valence electrons. The number of aryl methyl sites for hydroxylation is 1. The number of nitrogens with zero attached hydrogens (tertiary/aromatic N) is 5. The summed E-state index contributed by atoms with van der Waals surface area (Å²) in [5, 5.41) is 17.9. The minimum Gasteiger partial charge on any atom is -0.258 e. The maximum absolute atomic E-state index is 12.9. The monoisotopic (exact) mass is 413 g/mol. The maximum atomic E-state index is 12.9. The highest BCUT2D eigenvalue weighted by molar-refractivity contribution is 7.12. The number of non-ortho nitro benzene ring substituents is 1. The van der Waals surface area contributed by atoms with Crippen LogP contribution in [0.1, 0.15) is 5.82 Å². The Morgan fingerprint density at radius 1 is 1.18 bits per heavy atom. The van der Waals surface area contributed by atoms with Gasteiger partial charge in [0.1, 0.15) is 5.82 Å². The predicted molar refractivity (Wildman–Crippen MR) is 107 cm³/mol. The fourth-order valence-electron chi connectivity index (χ4n) is 2.72. The van der Waals surface area contributed by atoms with E-state index in [-0.39, 0.29) is 11.4 Å². The molecular formula is C18H12ClN5O3S. The first-order valence-corrected chi connectivity index (χ1v) is 9.35. The molecule has 2 aromatic carbocycles. The standard InChI is InChI=1S/C18H12ClN5O3S/c1-11-21-23(15-4-2-3-13(19)9-15)18(25)22(11)17-20-16(10-28-17)12-5-7-14(8-6-12)24(26)27/h2-10H,1H3. The number of halogens is 1. The van der Waals surface area contributed by atoms with Crippen LogP contribution in [-0.2, 0) is 0 Å². The van der Waals surface area contributed by atoms with Crippen molar-refractivity contribution in [3.8, 4) is 22.1 Å². The largest absolute Gasteiger partial charge is 0.357 e. The third-order valence-corrected chi connectivity index (χ3v) is 5.11. The van der Waals surface area contributed by atoms with Gasteiger partial charge in [-0.15, -0.1) is 16.4 Å². The number of thiazole rings is 1. The molecule has 0 radical (unpaired) electrons. The number of benzene rings is 2. The maximum Gasteiger partial charge on any atom is 0.357 e. The third-order valence-electron chi connectivity index (χ3n) is 4.05. The normalized spacial score (nSPS) is 10.9. The SMILES string of the molecule is Cc1nn(-c2cccc(Cl)c2)c(=O)n1-c1nc(-c2ccc([N+](=O)[O-])cc2)cs1. The van der Waals surface area contributed by atoms with Crippen LogP contribution >= 0.6 is 22.9 Å². The van der Waals surface area contributed by atoms with Crippen LogP contribution in [-0.4, -0.2) is 24.3 Å². The Kier molecular flexibility index (Phi) is 4.54. The van der Waals surface area contributed by atoms with Gasteiger partial charge in [0.25, 0.3) is 5.69 Å². The van der Waals surface area contributed by atoms with Crippen LogP contribution < -0.4 is 5.69 Å². The van der Waals surface area contributed by atoms with Gasteiger partial charge in [-0.1, -0.05) is 17.7 Å². The molecule has 4 aromatic rings. The van der Waals surface area contributed by atoms with Gasteiger partial charge in [-0.25, -0.2) is 14.3 Å². The molecule has 0 fully saturated rings. The number of rotatable bonds is 4. The Morgan fingerprint density at radius 2 is 1.93 bits per heavy atom. The van der Waals surface area contributed by atoms with Crippen molar-refractivity contribution in [2.75, 3.05) is 0 Å². The lowest BCUT2D eigenvalue weighted by atomic mass is 10.1. The Balaban J connectivity index is 1.73. The van der Waals surface area contributed by atoms with Crippen molar-refractivity contribution in [2.45, 2.75) is 6.92 Å². The summed E-state index contributed by atoms with van der Waals surface area (Å²) in [6.07, 6.45) is 0. The van der Waals surface area contributed by atoms with E-state index in [1.54, 1.807) is 48.7 Å². The molecule has 2 aromatic heterocycles. The van der Waals surface area contributed by atoms with Crippen molar-refractivity contribution < 1.29 is 4.92 Å². The minimum atomic E-state index is -0.455. The van der Waals surface area contributed by atoms with Crippen LogP contribution in [0.3, 0.4) is 0 Å². The second-order valence-corrected chi connectivity index (χ2v) is 7.15. The lowest BCUT2D eigenvalue weighted by Gasteiger charge is -1.99. The van der Waals surface area contributed by atoms with E-state index in [1.807, 2.05) is 0 Å². The summed E-state index contributed by atoms with van der Waals surface area (Å²) in [5.41, 5.74) is 1.56. The molecular weight excluding hydrogens is 402 g/mol. The summed E-state index contributed by atoms with van der Waals surface area (Å²) in [7, 11) is 0. The van der Waals surface area contributed by atoms with E-state index in [9.17, 15) is 14.9 Å². The molecule has 0 aliphatic heterocycles. The molecule has 0 spiro atoms. The molecule has 8 nitrogen and oxygen atoms in total. The van der Waals surface area contributed by atoms with Crippen LogP contribution in [0.15, 0.2) is 58.7 Å². The van der Waals surface area contributed by atoms with E-state index in [0.29, 0.717) is 27.4 Å². The summed E-state index contributed by atoms with van der Waals surface area (Å²) < 4.78 is 2.69. The molecule has 0 unspecified atom stereocenters. The summed E-state index contributed by atoms with van der Waals surface area (Å²) in [6, 6.07) is 13.0. The highest BCUT2D eigenvalue weighted by atomic mass is 35.5. The van der Waals surface area contributed by atoms with Crippen LogP contribution in [0.4, 0.5) is 5.69 Å². The lowest BCUT2D eigenvalue weighted by Crippen LogP contribution is -2.22. The van der Waals surface area contributed by atoms with E-state index in [0.717, 1.165) is 5.56 Å². The van der Waals surface area contributed by atoms with E-state index in [1.165, 1.54) is 32.7 Å². The van der Waals surface area contributed by atoms with Gasteiger partial charge in [0, 0.05) is 28.1 Å². The van der Waals surface area contributed by atoms with Gasteiger partial charge in [-0.2, -0.15) is 4.68 Å². The molecule has 0 aliphatic carbocycles. The summed E-state index contributed by atoms with van der Waals surface area (Å²) in [4.78, 5) is 27.7. The fraction of sp³-hybridized carbons (Fsp3) is 0.0556. The van der Waals surface area contributed by atoms with Gasteiger partial charge < -0.3 is 0 Å². The molecule has 0 aliphatic rings. The topological polar surface area (TPSA) is 95.8 Å².